The number of nitrogens with one attached hydrogen (secondary N) is 1. The quantitative estimate of drug-likeness (QED) is 0.830. The third-order valence-electron chi connectivity index (χ3n) is 4.28. The molecule has 2 fully saturated rings. The molecule has 3 heterocycles. The van der Waals surface area contributed by atoms with Gasteiger partial charge in [-0.15, -0.1) is 12.4 Å². The van der Waals surface area contributed by atoms with Gasteiger partial charge in [-0.05, 0) is 31.5 Å². The van der Waals surface area contributed by atoms with Gasteiger partial charge in [-0.2, -0.15) is 0 Å². The zero-order valence-corrected chi connectivity index (χ0v) is 15.1. The number of amides is 1. The molecular weight excluding hydrogens is 354 g/mol. The van der Waals surface area contributed by atoms with E-state index in [1.54, 1.807) is 6.07 Å². The molecule has 7 nitrogen and oxygen atoms in total. The lowest BCUT2D eigenvalue weighted by Crippen LogP contribution is -2.55. The molecule has 2 saturated heterocycles. The minimum absolute atomic E-state index is 0. The highest BCUT2D eigenvalue weighted by Gasteiger charge is 2.36. The van der Waals surface area contributed by atoms with Crippen molar-refractivity contribution in [2.75, 3.05) is 25.9 Å². The first-order valence-electron chi connectivity index (χ1n) is 7.78. The van der Waals surface area contributed by atoms with E-state index in [0.717, 1.165) is 32.2 Å². The molecule has 0 aliphatic carbocycles. The second kappa shape index (κ2) is 7.67. The van der Waals surface area contributed by atoms with E-state index >= 15 is 0 Å². The van der Waals surface area contributed by atoms with Gasteiger partial charge in [0.2, 0.25) is 5.91 Å². The Morgan fingerprint density at radius 2 is 2.17 bits per heavy atom. The number of nitrogens with zero attached hydrogens (tertiary/aromatic N) is 2. The number of aromatic nitrogens is 1. The fourth-order valence-corrected chi connectivity index (χ4v) is 3.70. The third-order valence-corrected chi connectivity index (χ3v) is 5.28. The fraction of sp³-hybridized carbons (Fsp3) is 0.600. The molecule has 1 unspecified atom stereocenters. The van der Waals surface area contributed by atoms with Crippen LogP contribution >= 0.6 is 12.4 Å². The summed E-state index contributed by atoms with van der Waals surface area (Å²) < 4.78 is 28.9. The van der Waals surface area contributed by atoms with Crippen LogP contribution in [0.25, 0.3) is 0 Å². The largest absolute Gasteiger partial charge is 0.485 e. The fourth-order valence-electron chi connectivity index (χ4n) is 3.14. The van der Waals surface area contributed by atoms with Crippen LogP contribution in [0.4, 0.5) is 0 Å². The molecule has 1 amide bonds. The van der Waals surface area contributed by atoms with E-state index in [4.69, 9.17) is 4.74 Å². The number of hydrogen-bond donors (Lipinski definition) is 1. The van der Waals surface area contributed by atoms with E-state index in [0.29, 0.717) is 18.7 Å². The highest BCUT2D eigenvalue weighted by atomic mass is 35.5. The maximum atomic E-state index is 12.0. The maximum absolute atomic E-state index is 12.0. The van der Waals surface area contributed by atoms with Gasteiger partial charge in [0.1, 0.15) is 11.9 Å². The number of carbonyl (C=O) groups excluding carboxylic acids is 1. The predicted octanol–water partition coefficient (Wildman–Crippen LogP) is 0.639. The van der Waals surface area contributed by atoms with Gasteiger partial charge in [0.05, 0.1) is 12.2 Å². The van der Waals surface area contributed by atoms with E-state index in [1.807, 2.05) is 4.90 Å². The Hall–Kier alpha value is -1.38. The van der Waals surface area contributed by atoms with Crippen molar-refractivity contribution in [1.82, 2.24) is 15.2 Å². The molecule has 1 N–H and O–H groups in total. The van der Waals surface area contributed by atoms with Crippen LogP contribution in [0.3, 0.4) is 0 Å². The summed E-state index contributed by atoms with van der Waals surface area (Å²) in [7, 11) is -3.32. The molecule has 0 saturated carbocycles. The molecular formula is C15H22ClN3O4S. The topological polar surface area (TPSA) is 88.6 Å². The average molecular weight is 376 g/mol. The molecule has 0 radical (unpaired) electrons. The van der Waals surface area contributed by atoms with Gasteiger partial charge >= 0.3 is 0 Å². The molecule has 134 valence electrons. The molecule has 0 aromatic carbocycles. The Morgan fingerprint density at radius 1 is 1.38 bits per heavy atom. The van der Waals surface area contributed by atoms with Crippen LogP contribution in [-0.4, -0.2) is 62.2 Å². The van der Waals surface area contributed by atoms with Gasteiger partial charge < -0.3 is 15.0 Å². The minimum atomic E-state index is -3.32. The Kier molecular flexibility index (Phi) is 6.06. The molecule has 24 heavy (non-hydrogen) atoms. The van der Waals surface area contributed by atoms with Gasteiger partial charge in [0.25, 0.3) is 0 Å². The molecule has 2 aliphatic rings. The SMILES string of the molecule is CS(=O)(=O)c1ccc(O[C@@H]2CNCCC2N2CCCC2=O)cn1.Cl. The molecule has 2 aliphatic heterocycles. The van der Waals surface area contributed by atoms with Crippen LogP contribution in [0.1, 0.15) is 19.3 Å². The van der Waals surface area contributed by atoms with Crippen LogP contribution in [0.2, 0.25) is 0 Å². The normalized spacial score (nSPS) is 24.5. The van der Waals surface area contributed by atoms with Crippen molar-refractivity contribution in [3.05, 3.63) is 18.3 Å². The second-order valence-corrected chi connectivity index (χ2v) is 7.97. The van der Waals surface area contributed by atoms with E-state index in [2.05, 4.69) is 10.3 Å². The van der Waals surface area contributed by atoms with Gasteiger partial charge in [-0.25, -0.2) is 13.4 Å². The smallest absolute Gasteiger partial charge is 0.223 e. The molecule has 2 atom stereocenters. The lowest BCUT2D eigenvalue weighted by molar-refractivity contribution is -0.132. The first-order valence-corrected chi connectivity index (χ1v) is 9.67. The van der Waals surface area contributed by atoms with Crippen molar-refractivity contribution < 1.29 is 17.9 Å². The van der Waals surface area contributed by atoms with Gasteiger partial charge in [0, 0.05) is 25.8 Å². The molecule has 1 aromatic heterocycles. The van der Waals surface area contributed by atoms with Crippen molar-refractivity contribution in [1.29, 1.82) is 0 Å². The van der Waals surface area contributed by atoms with Crippen LogP contribution in [0.15, 0.2) is 23.4 Å². The number of halogens is 1. The second-order valence-electron chi connectivity index (χ2n) is 6.01. The molecule has 9 heteroatoms. The average Bonchev–Trinajstić information content (AvgIpc) is 2.93. The van der Waals surface area contributed by atoms with E-state index in [1.165, 1.54) is 12.3 Å². The number of rotatable bonds is 4. The Balaban J connectivity index is 0.00000208. The summed E-state index contributed by atoms with van der Waals surface area (Å²) in [6, 6.07) is 3.11. The number of piperidine rings is 1. The molecule has 0 bridgehead atoms. The lowest BCUT2D eigenvalue weighted by Gasteiger charge is -2.38. The molecule has 0 spiro atoms. The lowest BCUT2D eigenvalue weighted by atomic mass is 10.0. The number of pyridine rings is 1. The van der Waals surface area contributed by atoms with Crippen molar-refractivity contribution in [2.24, 2.45) is 0 Å². The number of sulfone groups is 1. The van der Waals surface area contributed by atoms with Crippen LogP contribution < -0.4 is 10.1 Å². The number of ether oxygens (including phenoxy) is 1. The van der Waals surface area contributed by atoms with Crippen molar-refractivity contribution in [2.45, 2.75) is 36.4 Å². The van der Waals surface area contributed by atoms with Crippen molar-refractivity contribution in [3.63, 3.8) is 0 Å². The number of carbonyl (C=O) groups is 1. The standard InChI is InChI=1S/C15H21N3O4S.ClH/c1-23(20,21)14-5-4-11(9-17-14)22-13-10-16-7-6-12(13)18-8-2-3-15(18)19;/h4-5,9,12-13,16H,2-3,6-8,10H2,1H3;1H/t12?,13-;/m1./s1. The summed E-state index contributed by atoms with van der Waals surface area (Å²) in [6.07, 6.45) is 4.76. The first kappa shape index (κ1) is 19.0. The van der Waals surface area contributed by atoms with E-state index in [-0.39, 0.29) is 35.5 Å². The summed E-state index contributed by atoms with van der Waals surface area (Å²) in [5.41, 5.74) is 0. The van der Waals surface area contributed by atoms with E-state index in [9.17, 15) is 13.2 Å². The van der Waals surface area contributed by atoms with Gasteiger partial charge in [-0.1, -0.05) is 0 Å². The highest BCUT2D eigenvalue weighted by Crippen LogP contribution is 2.23. The van der Waals surface area contributed by atoms with Crippen molar-refractivity contribution >= 4 is 28.2 Å². The molecule has 1 aromatic rings. The summed E-state index contributed by atoms with van der Waals surface area (Å²) in [5, 5.41) is 3.31. The van der Waals surface area contributed by atoms with Gasteiger partial charge in [-0.3, -0.25) is 4.79 Å². The summed E-state index contributed by atoms with van der Waals surface area (Å²) in [5.74, 6) is 0.707. The highest BCUT2D eigenvalue weighted by molar-refractivity contribution is 7.90. The predicted molar refractivity (Wildman–Crippen MR) is 91.2 cm³/mol. The van der Waals surface area contributed by atoms with Crippen LogP contribution in [-0.2, 0) is 14.6 Å². The Bertz CT molecular complexity index is 680. The number of likely N-dealkylation sites (tertiary alicyclic amines) is 1. The van der Waals surface area contributed by atoms with Crippen molar-refractivity contribution in [3.8, 4) is 5.75 Å². The van der Waals surface area contributed by atoms with Crippen LogP contribution in [0, 0.1) is 0 Å². The summed E-state index contributed by atoms with van der Waals surface area (Å²) >= 11 is 0. The third kappa shape index (κ3) is 4.17. The Morgan fingerprint density at radius 3 is 2.75 bits per heavy atom. The van der Waals surface area contributed by atoms with Gasteiger partial charge in [0.15, 0.2) is 14.9 Å². The molecule has 3 rings (SSSR count). The zero-order valence-electron chi connectivity index (χ0n) is 13.5. The van der Waals surface area contributed by atoms with Crippen LogP contribution in [0.5, 0.6) is 5.75 Å². The number of hydrogen-bond acceptors (Lipinski definition) is 6. The summed E-state index contributed by atoms with van der Waals surface area (Å²) in [6.45, 7) is 2.30. The first-order chi connectivity index (χ1) is 10.9. The monoisotopic (exact) mass is 375 g/mol. The zero-order chi connectivity index (χ0) is 16.4. The summed E-state index contributed by atoms with van der Waals surface area (Å²) in [4.78, 5) is 17.9. The Labute approximate surface area is 148 Å². The minimum Gasteiger partial charge on any atom is -0.485 e. The maximum Gasteiger partial charge on any atom is 0.223 e. The van der Waals surface area contributed by atoms with E-state index < -0.39 is 9.84 Å².